The third-order valence-electron chi connectivity index (χ3n) is 7.04. The quantitative estimate of drug-likeness (QED) is 0.353. The zero-order valence-corrected chi connectivity index (χ0v) is 27.3. The van der Waals surface area contributed by atoms with E-state index in [2.05, 4.69) is 24.5 Å². The average Bonchev–Trinajstić information content (AvgIpc) is 2.92. The number of hydrogen-bond donors (Lipinski definition) is 2. The van der Waals surface area contributed by atoms with Crippen molar-refractivity contribution in [2.24, 2.45) is 5.92 Å². The second-order valence-corrected chi connectivity index (χ2v) is 12.5. The van der Waals surface area contributed by atoms with Gasteiger partial charge in [-0.2, -0.15) is 0 Å². The monoisotopic (exact) mass is 609 g/mol. The number of ether oxygens (including phenoxy) is 2. The molecule has 2 aromatic rings. The predicted molar refractivity (Wildman–Crippen MR) is 169 cm³/mol. The molecule has 2 N–H and O–H groups in total. The summed E-state index contributed by atoms with van der Waals surface area (Å²) in [6.07, 6.45) is 0.231. The predicted octanol–water partition coefficient (Wildman–Crippen LogP) is 5.22. The fourth-order valence-corrected chi connectivity index (χ4v) is 4.98. The zero-order chi connectivity index (χ0) is 32.6. The summed E-state index contributed by atoms with van der Waals surface area (Å²) in [5.41, 5.74) is 4.81. The summed E-state index contributed by atoms with van der Waals surface area (Å²) in [6, 6.07) is 7.55. The van der Waals surface area contributed by atoms with Gasteiger partial charge < -0.3 is 29.9 Å². The first-order chi connectivity index (χ1) is 20.7. The van der Waals surface area contributed by atoms with Crippen molar-refractivity contribution in [1.29, 1.82) is 0 Å². The van der Waals surface area contributed by atoms with Crippen LogP contribution in [0.2, 0.25) is 0 Å². The fraction of sp³-hybridized carbons (Fsp3) is 0.545. The van der Waals surface area contributed by atoms with Gasteiger partial charge in [-0.25, -0.2) is 9.59 Å². The van der Waals surface area contributed by atoms with Crippen LogP contribution in [0.25, 0.3) is 11.1 Å². The number of aromatic nitrogens is 1. The van der Waals surface area contributed by atoms with Gasteiger partial charge in [0.2, 0.25) is 5.91 Å². The molecule has 1 fully saturated rings. The highest BCUT2D eigenvalue weighted by Crippen LogP contribution is 2.36. The number of benzene rings is 1. The van der Waals surface area contributed by atoms with E-state index in [0.29, 0.717) is 36.8 Å². The summed E-state index contributed by atoms with van der Waals surface area (Å²) in [7, 11) is 0. The molecule has 1 aromatic heterocycles. The highest BCUT2D eigenvalue weighted by Gasteiger charge is 2.29. The first kappa shape index (κ1) is 34.3. The van der Waals surface area contributed by atoms with E-state index in [1.54, 1.807) is 32.6 Å². The molecule has 0 unspecified atom stereocenters. The van der Waals surface area contributed by atoms with E-state index < -0.39 is 17.7 Å². The molecule has 0 saturated carbocycles. The van der Waals surface area contributed by atoms with Crippen molar-refractivity contribution in [2.75, 3.05) is 38.1 Å². The van der Waals surface area contributed by atoms with Crippen molar-refractivity contribution in [3.8, 4) is 11.1 Å². The lowest BCUT2D eigenvalue weighted by molar-refractivity contribution is -0.144. The fourth-order valence-electron chi connectivity index (χ4n) is 4.98. The highest BCUT2D eigenvalue weighted by molar-refractivity contribution is 5.98. The van der Waals surface area contributed by atoms with Gasteiger partial charge in [-0.3, -0.25) is 14.6 Å². The second-order valence-electron chi connectivity index (χ2n) is 12.5. The number of pyridine rings is 1. The number of nitrogens with one attached hydrogen (secondary N) is 2. The first-order valence-electron chi connectivity index (χ1n) is 15.2. The van der Waals surface area contributed by atoms with Gasteiger partial charge >= 0.3 is 18.1 Å². The number of urea groups is 1. The number of carbonyl (C=O) groups excluding carboxylic acids is 4. The van der Waals surface area contributed by atoms with Crippen LogP contribution >= 0.6 is 0 Å². The summed E-state index contributed by atoms with van der Waals surface area (Å²) in [4.78, 5) is 58.8. The minimum Gasteiger partial charge on any atom is -0.466 e. The molecule has 1 aliphatic heterocycles. The van der Waals surface area contributed by atoms with Crippen LogP contribution in [0.1, 0.15) is 70.5 Å². The van der Waals surface area contributed by atoms with Crippen LogP contribution in [0.3, 0.4) is 0 Å². The Balaban J connectivity index is 1.94. The largest absolute Gasteiger partial charge is 0.466 e. The van der Waals surface area contributed by atoms with E-state index >= 15 is 0 Å². The SMILES string of the molecule is CCOC(=O)CCN1CCN(C(=O)Nc2c(C)nc(CC(C)C)c(CNC(=O)OC(C)(C)C)c2-c2ccc(C)cc2)CC1=O. The first-order valence-corrected chi connectivity index (χ1v) is 15.2. The van der Waals surface area contributed by atoms with Gasteiger partial charge in [0.15, 0.2) is 0 Å². The van der Waals surface area contributed by atoms with E-state index in [1.165, 1.54) is 4.90 Å². The number of hydrogen-bond acceptors (Lipinski definition) is 7. The molecule has 2 heterocycles. The molecule has 0 atom stereocenters. The lowest BCUT2D eigenvalue weighted by Gasteiger charge is -2.34. The van der Waals surface area contributed by atoms with Crippen LogP contribution in [-0.4, -0.2) is 77.2 Å². The van der Waals surface area contributed by atoms with Crippen LogP contribution in [0.5, 0.6) is 0 Å². The van der Waals surface area contributed by atoms with Gasteiger partial charge in [0.05, 0.1) is 24.4 Å². The minimum absolute atomic E-state index is 0.111. The number of alkyl carbamates (subject to hydrolysis) is 1. The lowest BCUT2D eigenvalue weighted by Crippen LogP contribution is -2.53. The molecule has 11 heteroatoms. The topological polar surface area (TPSA) is 130 Å². The molecule has 0 radical (unpaired) electrons. The van der Waals surface area contributed by atoms with Crippen LogP contribution < -0.4 is 10.6 Å². The number of piperazine rings is 1. The van der Waals surface area contributed by atoms with Crippen molar-refractivity contribution < 1.29 is 28.7 Å². The molecule has 11 nitrogen and oxygen atoms in total. The van der Waals surface area contributed by atoms with Crippen LogP contribution in [0.15, 0.2) is 24.3 Å². The summed E-state index contributed by atoms with van der Waals surface area (Å²) in [6.45, 7) is 16.4. The molecule has 44 heavy (non-hydrogen) atoms. The Morgan fingerprint density at radius 1 is 1.07 bits per heavy atom. The minimum atomic E-state index is -0.657. The van der Waals surface area contributed by atoms with E-state index in [4.69, 9.17) is 14.5 Å². The molecule has 0 aliphatic carbocycles. The lowest BCUT2D eigenvalue weighted by atomic mass is 9.92. The highest BCUT2D eigenvalue weighted by atomic mass is 16.6. The van der Waals surface area contributed by atoms with E-state index in [-0.39, 0.29) is 44.5 Å². The van der Waals surface area contributed by atoms with Crippen molar-refractivity contribution in [3.05, 3.63) is 46.8 Å². The van der Waals surface area contributed by atoms with Gasteiger partial charge in [-0.1, -0.05) is 43.7 Å². The molecule has 4 amide bonds. The standard InChI is InChI=1S/C33H47N5O6/c1-9-43-28(40)14-15-37-16-17-38(20-27(37)39)31(41)36-30-23(5)35-26(18-21(2)3)25(19-34-32(42)44-33(6,7)8)29(30)24-12-10-22(4)11-13-24/h10-13,21H,9,14-20H2,1-8H3,(H,34,42)(H,36,41). The number of anilines is 1. The molecule has 1 aromatic carbocycles. The molecular formula is C33H47N5O6. The Hall–Kier alpha value is -4.15. The van der Waals surface area contributed by atoms with Gasteiger partial charge in [0, 0.05) is 43.0 Å². The Kier molecular flexibility index (Phi) is 11.7. The van der Waals surface area contributed by atoms with Gasteiger partial charge in [-0.05, 0) is 59.4 Å². The normalized spacial score (nSPS) is 13.6. The third kappa shape index (κ3) is 9.68. The van der Waals surface area contributed by atoms with Crippen molar-refractivity contribution in [2.45, 2.75) is 80.4 Å². The zero-order valence-electron chi connectivity index (χ0n) is 27.3. The summed E-state index contributed by atoms with van der Waals surface area (Å²) < 4.78 is 10.5. The Bertz CT molecular complexity index is 1350. The van der Waals surface area contributed by atoms with E-state index in [1.807, 2.05) is 38.1 Å². The van der Waals surface area contributed by atoms with Gasteiger partial charge in [0.1, 0.15) is 12.1 Å². The maximum Gasteiger partial charge on any atom is 0.407 e. The number of rotatable bonds is 10. The molecule has 240 valence electrons. The molecular weight excluding hydrogens is 562 g/mol. The van der Waals surface area contributed by atoms with Crippen molar-refractivity contribution >= 4 is 29.7 Å². The smallest absolute Gasteiger partial charge is 0.407 e. The van der Waals surface area contributed by atoms with Crippen molar-refractivity contribution in [3.63, 3.8) is 0 Å². The second kappa shape index (κ2) is 15.0. The van der Waals surface area contributed by atoms with Gasteiger partial charge in [-0.15, -0.1) is 0 Å². The molecule has 1 saturated heterocycles. The Morgan fingerprint density at radius 3 is 2.34 bits per heavy atom. The number of nitrogens with zero attached hydrogens (tertiary/aromatic N) is 3. The van der Waals surface area contributed by atoms with Crippen LogP contribution in [0, 0.1) is 19.8 Å². The van der Waals surface area contributed by atoms with Crippen LogP contribution in [0.4, 0.5) is 15.3 Å². The average molecular weight is 610 g/mol. The van der Waals surface area contributed by atoms with Crippen molar-refractivity contribution in [1.82, 2.24) is 20.1 Å². The Morgan fingerprint density at radius 2 is 1.75 bits per heavy atom. The number of amides is 4. The third-order valence-corrected chi connectivity index (χ3v) is 7.04. The summed E-state index contributed by atoms with van der Waals surface area (Å²) >= 11 is 0. The van der Waals surface area contributed by atoms with E-state index in [0.717, 1.165) is 27.9 Å². The number of aryl methyl sites for hydroxylation is 2. The molecule has 1 aliphatic rings. The maximum atomic E-state index is 13.6. The maximum absolute atomic E-state index is 13.6. The molecule has 0 bridgehead atoms. The van der Waals surface area contributed by atoms with Gasteiger partial charge in [0.25, 0.3) is 0 Å². The number of esters is 1. The summed E-state index contributed by atoms with van der Waals surface area (Å²) in [5, 5.41) is 5.93. The molecule has 0 spiro atoms. The van der Waals surface area contributed by atoms with E-state index in [9.17, 15) is 19.2 Å². The summed E-state index contributed by atoms with van der Waals surface area (Å²) in [5.74, 6) is -0.302. The molecule has 3 rings (SSSR count). The Labute approximate surface area is 260 Å². The number of carbonyl (C=O) groups is 4. The van der Waals surface area contributed by atoms with Crippen LogP contribution in [-0.2, 0) is 32.0 Å².